The molecular weight excluding hydrogens is 299 g/mol. The smallest absolute Gasteiger partial charge is 0.335 e. The number of carboxylic acid groups (broad SMARTS) is 1. The van der Waals surface area contributed by atoms with Crippen molar-refractivity contribution in [2.24, 2.45) is 0 Å². The van der Waals surface area contributed by atoms with Crippen LogP contribution in [0.3, 0.4) is 0 Å². The van der Waals surface area contributed by atoms with Crippen LogP contribution in [0.4, 0.5) is 4.39 Å². The van der Waals surface area contributed by atoms with Gasteiger partial charge in [-0.15, -0.1) is 0 Å². The second kappa shape index (κ2) is 6.00. The van der Waals surface area contributed by atoms with Gasteiger partial charge in [-0.25, -0.2) is 9.18 Å². The van der Waals surface area contributed by atoms with E-state index in [1.54, 1.807) is 18.2 Å². The number of halogens is 1. The second-order valence-corrected chi connectivity index (χ2v) is 5.15. The molecule has 6 heteroatoms. The summed E-state index contributed by atoms with van der Waals surface area (Å²) in [7, 11) is 0. The molecule has 1 N–H and O–H groups in total. The van der Waals surface area contributed by atoms with E-state index in [0.29, 0.717) is 23.7 Å². The van der Waals surface area contributed by atoms with Crippen LogP contribution in [0.2, 0.25) is 0 Å². The fourth-order valence-electron chi connectivity index (χ4n) is 2.23. The van der Waals surface area contributed by atoms with Gasteiger partial charge in [0.15, 0.2) is 5.82 Å². The van der Waals surface area contributed by atoms with Crippen LogP contribution in [0.15, 0.2) is 47.0 Å². The molecule has 0 amide bonds. The average Bonchev–Trinajstić information content (AvgIpc) is 2.99. The number of carbonyl (C=O) groups is 1. The van der Waals surface area contributed by atoms with Crippen molar-refractivity contribution in [3.8, 4) is 11.5 Å². The first-order valence-electron chi connectivity index (χ1n) is 6.94. The van der Waals surface area contributed by atoms with Crippen LogP contribution in [-0.4, -0.2) is 21.2 Å². The molecule has 0 unspecified atom stereocenters. The molecule has 116 valence electrons. The van der Waals surface area contributed by atoms with Gasteiger partial charge in [0.25, 0.3) is 5.89 Å². The van der Waals surface area contributed by atoms with Crippen molar-refractivity contribution in [2.75, 3.05) is 0 Å². The topological polar surface area (TPSA) is 76.2 Å². The van der Waals surface area contributed by atoms with E-state index >= 15 is 0 Å². The second-order valence-electron chi connectivity index (χ2n) is 5.15. The van der Waals surface area contributed by atoms with Gasteiger partial charge in [0.05, 0.1) is 5.56 Å². The lowest BCUT2D eigenvalue weighted by Crippen LogP contribution is -1.95. The molecule has 23 heavy (non-hydrogen) atoms. The Balaban J connectivity index is 1.81. The lowest BCUT2D eigenvalue weighted by Gasteiger charge is -2.02. The minimum atomic E-state index is -0.991. The van der Waals surface area contributed by atoms with Crippen LogP contribution in [0.25, 0.3) is 11.5 Å². The molecule has 0 fully saturated rings. The van der Waals surface area contributed by atoms with Crippen molar-refractivity contribution in [3.05, 3.63) is 70.8 Å². The maximum atomic E-state index is 13.1. The molecule has 0 atom stereocenters. The molecule has 1 heterocycles. The number of hydrogen-bond donors (Lipinski definition) is 1. The SMILES string of the molecule is Cc1cc(F)ccc1Cc1noc(-c2ccc(C(=O)O)cc2)n1. The van der Waals surface area contributed by atoms with Crippen molar-refractivity contribution in [2.45, 2.75) is 13.3 Å². The monoisotopic (exact) mass is 312 g/mol. The normalized spacial score (nSPS) is 10.7. The number of carboxylic acids is 1. The van der Waals surface area contributed by atoms with Crippen LogP contribution in [0.5, 0.6) is 0 Å². The molecular formula is C17H13FN2O3. The van der Waals surface area contributed by atoms with E-state index in [2.05, 4.69) is 10.1 Å². The predicted octanol–water partition coefficient (Wildman–Crippen LogP) is 3.47. The highest BCUT2D eigenvalue weighted by atomic mass is 19.1. The summed E-state index contributed by atoms with van der Waals surface area (Å²) in [5, 5.41) is 12.8. The molecule has 3 aromatic rings. The van der Waals surface area contributed by atoms with Gasteiger partial charge < -0.3 is 9.63 Å². The van der Waals surface area contributed by atoms with E-state index in [1.165, 1.54) is 24.3 Å². The number of nitrogens with zero attached hydrogens (tertiary/aromatic N) is 2. The Morgan fingerprint density at radius 1 is 1.22 bits per heavy atom. The average molecular weight is 312 g/mol. The number of aromatic nitrogens is 2. The van der Waals surface area contributed by atoms with Gasteiger partial charge in [-0.1, -0.05) is 11.2 Å². The molecule has 0 saturated carbocycles. The lowest BCUT2D eigenvalue weighted by atomic mass is 10.1. The highest BCUT2D eigenvalue weighted by molar-refractivity contribution is 5.88. The van der Waals surface area contributed by atoms with Crippen LogP contribution >= 0.6 is 0 Å². The van der Waals surface area contributed by atoms with E-state index in [9.17, 15) is 9.18 Å². The maximum absolute atomic E-state index is 13.1. The third-order valence-electron chi connectivity index (χ3n) is 3.50. The van der Waals surface area contributed by atoms with Gasteiger partial charge >= 0.3 is 5.97 Å². The van der Waals surface area contributed by atoms with Crippen LogP contribution in [0.1, 0.15) is 27.3 Å². The summed E-state index contributed by atoms with van der Waals surface area (Å²) in [6.45, 7) is 1.82. The highest BCUT2D eigenvalue weighted by Gasteiger charge is 2.11. The van der Waals surface area contributed by atoms with Crippen LogP contribution in [0, 0.1) is 12.7 Å². The Kier molecular flexibility index (Phi) is 3.89. The Bertz CT molecular complexity index is 857. The summed E-state index contributed by atoms with van der Waals surface area (Å²) in [4.78, 5) is 15.1. The first-order valence-corrected chi connectivity index (χ1v) is 6.94. The number of hydrogen-bond acceptors (Lipinski definition) is 4. The molecule has 0 radical (unpaired) electrons. The summed E-state index contributed by atoms with van der Waals surface area (Å²) in [6, 6.07) is 10.7. The largest absolute Gasteiger partial charge is 0.478 e. The van der Waals surface area contributed by atoms with Gasteiger partial charge in [0.1, 0.15) is 5.82 Å². The molecule has 0 aliphatic carbocycles. The van der Waals surface area contributed by atoms with Gasteiger partial charge in [-0.05, 0) is 54.4 Å². The summed E-state index contributed by atoms with van der Waals surface area (Å²) in [6.07, 6.45) is 0.433. The van der Waals surface area contributed by atoms with Crippen LogP contribution in [-0.2, 0) is 6.42 Å². The third-order valence-corrected chi connectivity index (χ3v) is 3.50. The Labute approximate surface area is 131 Å². The number of benzene rings is 2. The Hall–Kier alpha value is -3.02. The van der Waals surface area contributed by atoms with Crippen molar-refractivity contribution in [1.29, 1.82) is 0 Å². The van der Waals surface area contributed by atoms with Crippen LogP contribution < -0.4 is 0 Å². The summed E-state index contributed by atoms with van der Waals surface area (Å²) < 4.78 is 18.3. The van der Waals surface area contributed by atoms with Crippen molar-refractivity contribution >= 4 is 5.97 Å². The molecule has 0 bridgehead atoms. The minimum absolute atomic E-state index is 0.190. The van der Waals surface area contributed by atoms with Crippen molar-refractivity contribution in [1.82, 2.24) is 10.1 Å². The molecule has 5 nitrogen and oxygen atoms in total. The van der Waals surface area contributed by atoms with E-state index in [1.807, 2.05) is 6.92 Å². The zero-order valence-corrected chi connectivity index (χ0v) is 12.3. The van der Waals surface area contributed by atoms with Gasteiger partial charge in [-0.3, -0.25) is 0 Å². The molecule has 0 saturated heterocycles. The standard InChI is InChI=1S/C17H13FN2O3/c1-10-8-14(18)7-6-13(10)9-15-19-16(23-20-15)11-2-4-12(5-3-11)17(21)22/h2-8H,9H2,1H3,(H,21,22). The fourth-order valence-corrected chi connectivity index (χ4v) is 2.23. The quantitative estimate of drug-likeness (QED) is 0.798. The fraction of sp³-hybridized carbons (Fsp3) is 0.118. The molecule has 3 rings (SSSR count). The minimum Gasteiger partial charge on any atom is -0.478 e. The van der Waals surface area contributed by atoms with Gasteiger partial charge in [0, 0.05) is 12.0 Å². The maximum Gasteiger partial charge on any atom is 0.335 e. The Morgan fingerprint density at radius 3 is 2.61 bits per heavy atom. The molecule has 1 aromatic heterocycles. The number of aromatic carboxylic acids is 1. The van der Waals surface area contributed by atoms with Gasteiger partial charge in [0.2, 0.25) is 0 Å². The number of aryl methyl sites for hydroxylation is 1. The van der Waals surface area contributed by atoms with E-state index < -0.39 is 5.97 Å². The Morgan fingerprint density at radius 2 is 1.96 bits per heavy atom. The van der Waals surface area contributed by atoms with E-state index in [0.717, 1.165) is 11.1 Å². The lowest BCUT2D eigenvalue weighted by molar-refractivity contribution is 0.0697. The third kappa shape index (κ3) is 3.26. The molecule has 0 aliphatic rings. The first kappa shape index (κ1) is 14.9. The molecule has 0 spiro atoms. The molecule has 2 aromatic carbocycles. The summed E-state index contributed by atoms with van der Waals surface area (Å²) >= 11 is 0. The number of rotatable bonds is 4. The highest BCUT2D eigenvalue weighted by Crippen LogP contribution is 2.20. The van der Waals surface area contributed by atoms with E-state index in [-0.39, 0.29) is 11.4 Å². The van der Waals surface area contributed by atoms with Crippen molar-refractivity contribution in [3.63, 3.8) is 0 Å². The summed E-state index contributed by atoms with van der Waals surface area (Å²) in [5.74, 6) is -0.471. The summed E-state index contributed by atoms with van der Waals surface area (Å²) in [5.41, 5.74) is 2.57. The predicted molar refractivity (Wildman–Crippen MR) is 80.6 cm³/mol. The molecule has 0 aliphatic heterocycles. The zero-order valence-electron chi connectivity index (χ0n) is 12.3. The first-order chi connectivity index (χ1) is 11.0. The zero-order chi connectivity index (χ0) is 16.4. The van der Waals surface area contributed by atoms with Crippen molar-refractivity contribution < 1.29 is 18.8 Å². The van der Waals surface area contributed by atoms with Gasteiger partial charge in [-0.2, -0.15) is 4.98 Å². The van der Waals surface area contributed by atoms with E-state index in [4.69, 9.17) is 9.63 Å².